The number of benzene rings is 1. The minimum absolute atomic E-state index is 0.0483. The Bertz CT molecular complexity index is 739. The summed E-state index contributed by atoms with van der Waals surface area (Å²) >= 11 is 0. The molecule has 6 heteroatoms. The summed E-state index contributed by atoms with van der Waals surface area (Å²) in [6.07, 6.45) is 2.72. The number of aromatic amines is 1. The second-order valence-electron chi connectivity index (χ2n) is 6.81. The number of H-pyrrole nitrogens is 1. The van der Waals surface area contributed by atoms with Crippen LogP contribution in [0.15, 0.2) is 24.3 Å². The number of rotatable bonds is 7. The van der Waals surface area contributed by atoms with Crippen molar-refractivity contribution in [2.45, 2.75) is 39.2 Å². The van der Waals surface area contributed by atoms with Crippen LogP contribution >= 0.6 is 0 Å². The summed E-state index contributed by atoms with van der Waals surface area (Å²) in [7, 11) is 1.65. The number of hydrogen-bond donors (Lipinski definition) is 2. The van der Waals surface area contributed by atoms with Crippen LogP contribution in [0.25, 0.3) is 11.3 Å². The van der Waals surface area contributed by atoms with Gasteiger partial charge in [-0.2, -0.15) is 5.10 Å². The third-order valence-electron chi connectivity index (χ3n) is 5.21. The lowest BCUT2D eigenvalue weighted by molar-refractivity contribution is -0.120. The van der Waals surface area contributed by atoms with Gasteiger partial charge in [0.15, 0.2) is 0 Å². The quantitative estimate of drug-likeness (QED) is 0.800. The molecule has 2 heterocycles. The third kappa shape index (κ3) is 4.07. The molecule has 0 bridgehead atoms. The largest absolute Gasteiger partial charge is 0.497 e. The lowest BCUT2D eigenvalue weighted by Crippen LogP contribution is -2.40. The first-order valence-electron chi connectivity index (χ1n) is 9.31. The van der Waals surface area contributed by atoms with E-state index >= 15 is 0 Å². The second kappa shape index (κ2) is 8.36. The molecule has 1 saturated heterocycles. The van der Waals surface area contributed by atoms with Crippen molar-refractivity contribution in [3.05, 3.63) is 35.5 Å². The molecule has 26 heavy (non-hydrogen) atoms. The predicted molar refractivity (Wildman–Crippen MR) is 102 cm³/mol. The number of carbonyl (C=O) groups excluding carboxylic acids is 1. The van der Waals surface area contributed by atoms with Gasteiger partial charge in [0.25, 0.3) is 0 Å². The van der Waals surface area contributed by atoms with Gasteiger partial charge in [-0.3, -0.25) is 14.8 Å². The number of hydrogen-bond acceptors (Lipinski definition) is 4. The van der Waals surface area contributed by atoms with Gasteiger partial charge in [0, 0.05) is 29.4 Å². The van der Waals surface area contributed by atoms with Gasteiger partial charge in [-0.05, 0) is 57.1 Å². The molecule has 0 spiro atoms. The number of ether oxygens (including phenoxy) is 1. The van der Waals surface area contributed by atoms with Gasteiger partial charge < -0.3 is 10.1 Å². The highest BCUT2D eigenvalue weighted by atomic mass is 16.5. The Morgan fingerprint density at radius 2 is 2.15 bits per heavy atom. The fourth-order valence-corrected chi connectivity index (χ4v) is 3.65. The van der Waals surface area contributed by atoms with Gasteiger partial charge in [-0.1, -0.05) is 6.92 Å². The van der Waals surface area contributed by atoms with Gasteiger partial charge >= 0.3 is 0 Å². The maximum atomic E-state index is 12.5. The third-order valence-corrected chi connectivity index (χ3v) is 5.21. The van der Waals surface area contributed by atoms with E-state index in [-0.39, 0.29) is 5.91 Å². The Labute approximate surface area is 154 Å². The molecule has 6 nitrogen and oxygen atoms in total. The molecule has 1 fully saturated rings. The Morgan fingerprint density at radius 1 is 1.38 bits per heavy atom. The smallest absolute Gasteiger partial charge is 0.224 e. The molecule has 0 saturated carbocycles. The van der Waals surface area contributed by atoms with Crippen LogP contribution in [-0.2, 0) is 11.2 Å². The molecule has 1 aromatic heterocycles. The molecule has 1 atom stereocenters. The summed E-state index contributed by atoms with van der Waals surface area (Å²) < 4.78 is 5.21. The van der Waals surface area contributed by atoms with E-state index in [4.69, 9.17) is 4.74 Å². The van der Waals surface area contributed by atoms with E-state index in [2.05, 4.69) is 27.3 Å². The van der Waals surface area contributed by atoms with Crippen molar-refractivity contribution in [1.82, 2.24) is 20.4 Å². The Balaban J connectivity index is 1.65. The first-order valence-corrected chi connectivity index (χ1v) is 9.31. The Morgan fingerprint density at radius 3 is 2.85 bits per heavy atom. The van der Waals surface area contributed by atoms with Crippen LogP contribution in [0.3, 0.4) is 0 Å². The molecule has 140 valence electrons. The highest BCUT2D eigenvalue weighted by Crippen LogP contribution is 2.26. The van der Waals surface area contributed by atoms with Crippen LogP contribution in [0, 0.1) is 6.92 Å². The van der Waals surface area contributed by atoms with E-state index in [1.165, 1.54) is 6.42 Å². The van der Waals surface area contributed by atoms with Gasteiger partial charge in [-0.15, -0.1) is 0 Å². The van der Waals surface area contributed by atoms with Crippen LogP contribution < -0.4 is 10.1 Å². The van der Waals surface area contributed by atoms with Crippen molar-refractivity contribution < 1.29 is 9.53 Å². The molecule has 3 rings (SSSR count). The molecule has 0 unspecified atom stereocenters. The summed E-state index contributed by atoms with van der Waals surface area (Å²) in [6.45, 7) is 7.04. The average molecular weight is 356 g/mol. The first kappa shape index (κ1) is 18.5. The van der Waals surface area contributed by atoms with E-state index in [0.29, 0.717) is 12.5 Å². The average Bonchev–Trinajstić information content (AvgIpc) is 3.27. The number of nitrogens with zero attached hydrogens (tertiary/aromatic N) is 2. The highest BCUT2D eigenvalue weighted by molar-refractivity contribution is 5.81. The van der Waals surface area contributed by atoms with E-state index < -0.39 is 0 Å². The van der Waals surface area contributed by atoms with Gasteiger partial charge in [-0.25, -0.2) is 0 Å². The number of carbonyl (C=O) groups is 1. The maximum absolute atomic E-state index is 12.5. The number of likely N-dealkylation sites (N-methyl/N-ethyl adjacent to an activating group) is 1. The van der Waals surface area contributed by atoms with Gasteiger partial charge in [0.1, 0.15) is 5.75 Å². The predicted octanol–water partition coefficient (Wildman–Crippen LogP) is 2.54. The Kier molecular flexibility index (Phi) is 5.93. The monoisotopic (exact) mass is 356 g/mol. The van der Waals surface area contributed by atoms with E-state index in [9.17, 15) is 4.79 Å². The van der Waals surface area contributed by atoms with Crippen molar-refractivity contribution in [3.63, 3.8) is 0 Å². The zero-order valence-corrected chi connectivity index (χ0v) is 15.8. The standard InChI is InChI=1S/C20H28N4O2/c1-4-24-11-5-6-16(24)13-21-19(25)12-18-14(2)22-23-20(18)15-7-9-17(26-3)10-8-15/h7-10,16H,4-6,11-13H2,1-3H3,(H,21,25)(H,22,23)/t16-/m0/s1. The van der Waals surface area contributed by atoms with Crippen LogP contribution in [0.5, 0.6) is 5.75 Å². The molecule has 1 aliphatic rings. The lowest BCUT2D eigenvalue weighted by Gasteiger charge is -2.22. The van der Waals surface area contributed by atoms with Crippen molar-refractivity contribution in [2.24, 2.45) is 0 Å². The zero-order chi connectivity index (χ0) is 18.5. The highest BCUT2D eigenvalue weighted by Gasteiger charge is 2.23. The number of nitrogens with one attached hydrogen (secondary N) is 2. The van der Waals surface area contributed by atoms with Crippen LogP contribution in [-0.4, -0.2) is 53.8 Å². The van der Waals surface area contributed by atoms with Crippen LogP contribution in [0.4, 0.5) is 0 Å². The summed E-state index contributed by atoms with van der Waals surface area (Å²) in [5, 5.41) is 10.5. The van der Waals surface area contributed by atoms with Crippen molar-refractivity contribution in [1.29, 1.82) is 0 Å². The maximum Gasteiger partial charge on any atom is 0.224 e. The molecular formula is C20H28N4O2. The zero-order valence-electron chi connectivity index (χ0n) is 15.8. The molecule has 1 aliphatic heterocycles. The second-order valence-corrected chi connectivity index (χ2v) is 6.81. The van der Waals surface area contributed by atoms with E-state index in [1.807, 2.05) is 31.2 Å². The topological polar surface area (TPSA) is 70.2 Å². The van der Waals surface area contributed by atoms with Crippen LogP contribution in [0.1, 0.15) is 31.0 Å². The van der Waals surface area contributed by atoms with Crippen molar-refractivity contribution >= 4 is 5.91 Å². The number of aromatic nitrogens is 2. The molecular weight excluding hydrogens is 328 g/mol. The number of likely N-dealkylation sites (tertiary alicyclic amines) is 1. The summed E-state index contributed by atoms with van der Waals surface area (Å²) in [5.41, 5.74) is 3.69. The first-order chi connectivity index (χ1) is 12.6. The fourth-order valence-electron chi connectivity index (χ4n) is 3.65. The molecule has 0 radical (unpaired) electrons. The van der Waals surface area contributed by atoms with E-state index in [0.717, 1.165) is 54.3 Å². The fraction of sp³-hybridized carbons (Fsp3) is 0.500. The minimum Gasteiger partial charge on any atom is -0.497 e. The minimum atomic E-state index is 0.0483. The number of amides is 1. The molecule has 0 aliphatic carbocycles. The summed E-state index contributed by atoms with van der Waals surface area (Å²) in [6, 6.07) is 8.21. The SMILES string of the molecule is CCN1CCC[C@H]1CNC(=O)Cc1c(-c2ccc(OC)cc2)n[nH]c1C. The van der Waals surface area contributed by atoms with E-state index in [1.54, 1.807) is 7.11 Å². The van der Waals surface area contributed by atoms with Gasteiger partial charge in [0.2, 0.25) is 5.91 Å². The summed E-state index contributed by atoms with van der Waals surface area (Å²) in [5.74, 6) is 0.851. The number of aryl methyl sites for hydroxylation is 1. The molecule has 2 N–H and O–H groups in total. The van der Waals surface area contributed by atoms with Gasteiger partial charge in [0.05, 0.1) is 19.2 Å². The molecule has 1 aromatic carbocycles. The normalized spacial score (nSPS) is 17.4. The molecule has 1 amide bonds. The molecule has 2 aromatic rings. The number of methoxy groups -OCH3 is 1. The van der Waals surface area contributed by atoms with Crippen molar-refractivity contribution in [3.8, 4) is 17.0 Å². The van der Waals surface area contributed by atoms with Crippen LogP contribution in [0.2, 0.25) is 0 Å². The summed E-state index contributed by atoms with van der Waals surface area (Å²) in [4.78, 5) is 14.9. The lowest BCUT2D eigenvalue weighted by atomic mass is 10.0. The van der Waals surface area contributed by atoms with Crippen molar-refractivity contribution in [2.75, 3.05) is 26.7 Å². The Hall–Kier alpha value is -2.34.